The molecular formula is C11H13BrN4OS. The topological polar surface area (TPSA) is 73.8 Å². The highest BCUT2D eigenvalue weighted by molar-refractivity contribution is 9.10. The van der Waals surface area contributed by atoms with E-state index >= 15 is 0 Å². The summed E-state index contributed by atoms with van der Waals surface area (Å²) in [4.78, 5) is 16.6. The van der Waals surface area contributed by atoms with Crippen LogP contribution in [-0.2, 0) is 13.1 Å². The average molecular weight is 329 g/mol. The highest BCUT2D eigenvalue weighted by atomic mass is 79.9. The molecular weight excluding hydrogens is 316 g/mol. The monoisotopic (exact) mass is 328 g/mol. The Labute approximate surface area is 117 Å². The number of hydrogen-bond donors (Lipinski definition) is 1. The van der Waals surface area contributed by atoms with Gasteiger partial charge in [0.25, 0.3) is 0 Å². The molecule has 0 bridgehead atoms. The molecule has 2 N–H and O–H groups in total. The van der Waals surface area contributed by atoms with Gasteiger partial charge in [-0.3, -0.25) is 9.48 Å². The molecule has 7 heteroatoms. The van der Waals surface area contributed by atoms with Gasteiger partial charge >= 0.3 is 0 Å². The van der Waals surface area contributed by atoms with E-state index in [1.807, 2.05) is 6.92 Å². The van der Waals surface area contributed by atoms with E-state index in [1.54, 1.807) is 16.3 Å². The molecule has 0 saturated heterocycles. The minimum absolute atomic E-state index is 0.122. The van der Waals surface area contributed by atoms with Crippen LogP contribution in [0.1, 0.15) is 34.5 Å². The number of nitrogens with two attached hydrogens (primary N) is 1. The third-order valence-electron chi connectivity index (χ3n) is 2.40. The molecule has 0 spiro atoms. The van der Waals surface area contributed by atoms with Crippen molar-refractivity contribution in [2.75, 3.05) is 0 Å². The Bertz CT molecular complexity index is 563. The minimum Gasteiger partial charge on any atom is -0.325 e. The van der Waals surface area contributed by atoms with Crippen molar-refractivity contribution in [1.82, 2.24) is 14.8 Å². The molecule has 0 aliphatic heterocycles. The molecule has 0 unspecified atom stereocenters. The normalized spacial score (nSPS) is 10.8. The molecule has 0 saturated carbocycles. The zero-order valence-corrected chi connectivity index (χ0v) is 12.3. The predicted octanol–water partition coefficient (Wildman–Crippen LogP) is 2.20. The summed E-state index contributed by atoms with van der Waals surface area (Å²) in [5.74, 6) is -0.122. The number of aryl methyl sites for hydroxylation is 1. The summed E-state index contributed by atoms with van der Waals surface area (Å²) in [6.07, 6.45) is 2.55. The van der Waals surface area contributed by atoms with E-state index in [0.29, 0.717) is 29.0 Å². The van der Waals surface area contributed by atoms with Gasteiger partial charge in [0.2, 0.25) is 5.78 Å². The van der Waals surface area contributed by atoms with Crippen molar-refractivity contribution >= 4 is 33.0 Å². The lowest BCUT2D eigenvalue weighted by atomic mass is 10.2. The lowest BCUT2D eigenvalue weighted by Crippen LogP contribution is -2.12. The second-order valence-corrected chi connectivity index (χ2v) is 5.52. The number of carbonyl (C=O) groups excluding carboxylic acids is 1. The number of aromatic nitrogens is 3. The van der Waals surface area contributed by atoms with Crippen LogP contribution >= 0.6 is 27.3 Å². The Morgan fingerprint density at radius 1 is 1.61 bits per heavy atom. The van der Waals surface area contributed by atoms with Crippen LogP contribution in [0.15, 0.2) is 16.0 Å². The van der Waals surface area contributed by atoms with Gasteiger partial charge in [0.15, 0.2) is 0 Å². The maximum atomic E-state index is 12.4. The van der Waals surface area contributed by atoms with Gasteiger partial charge in [-0.15, -0.1) is 11.3 Å². The van der Waals surface area contributed by atoms with Gasteiger partial charge in [-0.2, -0.15) is 5.10 Å². The minimum atomic E-state index is -0.122. The summed E-state index contributed by atoms with van der Waals surface area (Å²) in [5.41, 5.74) is 6.48. The SMILES string of the molecule is CCCn1ncc(Br)c1C(=O)c1csc(CN)n1. The summed E-state index contributed by atoms with van der Waals surface area (Å²) in [5, 5.41) is 6.68. The van der Waals surface area contributed by atoms with Crippen molar-refractivity contribution in [3.05, 3.63) is 32.4 Å². The van der Waals surface area contributed by atoms with Crippen LogP contribution in [0.5, 0.6) is 0 Å². The number of ketones is 1. The Kier molecular flexibility index (Phi) is 4.26. The fourth-order valence-corrected chi connectivity index (χ4v) is 2.73. The molecule has 0 amide bonds. The summed E-state index contributed by atoms with van der Waals surface area (Å²) < 4.78 is 2.40. The molecule has 0 radical (unpaired) electrons. The molecule has 0 fully saturated rings. The predicted molar refractivity (Wildman–Crippen MR) is 73.7 cm³/mol. The van der Waals surface area contributed by atoms with Crippen LogP contribution in [0.25, 0.3) is 0 Å². The number of rotatable bonds is 5. The summed E-state index contributed by atoms with van der Waals surface area (Å²) >= 11 is 4.75. The maximum Gasteiger partial charge on any atom is 0.231 e. The smallest absolute Gasteiger partial charge is 0.231 e. The molecule has 2 aromatic rings. The van der Waals surface area contributed by atoms with Crippen LogP contribution in [-0.4, -0.2) is 20.5 Å². The summed E-state index contributed by atoms with van der Waals surface area (Å²) in [7, 11) is 0. The van der Waals surface area contributed by atoms with E-state index in [1.165, 1.54) is 11.3 Å². The highest BCUT2D eigenvalue weighted by Crippen LogP contribution is 2.21. The fraction of sp³-hybridized carbons (Fsp3) is 0.364. The molecule has 5 nitrogen and oxygen atoms in total. The van der Waals surface area contributed by atoms with E-state index in [9.17, 15) is 4.79 Å². The van der Waals surface area contributed by atoms with Crippen LogP contribution in [0, 0.1) is 0 Å². The second-order valence-electron chi connectivity index (χ2n) is 3.72. The summed E-state index contributed by atoms with van der Waals surface area (Å²) in [6.45, 7) is 3.10. The van der Waals surface area contributed by atoms with Crippen molar-refractivity contribution in [2.45, 2.75) is 26.4 Å². The van der Waals surface area contributed by atoms with E-state index in [-0.39, 0.29) is 5.78 Å². The standard InChI is InChI=1S/C11H13BrN4OS/c1-2-3-16-10(7(12)5-14-16)11(17)8-6-18-9(4-13)15-8/h5-6H,2-4,13H2,1H3. The van der Waals surface area contributed by atoms with Crippen LogP contribution < -0.4 is 5.73 Å². The molecule has 0 aromatic carbocycles. The van der Waals surface area contributed by atoms with Crippen LogP contribution in [0.3, 0.4) is 0 Å². The zero-order valence-electron chi connectivity index (χ0n) is 9.89. The molecule has 96 valence electrons. The number of nitrogens with zero attached hydrogens (tertiary/aromatic N) is 3. The van der Waals surface area contributed by atoms with E-state index in [0.717, 1.165) is 11.4 Å². The zero-order chi connectivity index (χ0) is 13.1. The van der Waals surface area contributed by atoms with Gasteiger partial charge in [0.1, 0.15) is 16.4 Å². The van der Waals surface area contributed by atoms with Gasteiger partial charge < -0.3 is 5.73 Å². The van der Waals surface area contributed by atoms with E-state index in [4.69, 9.17) is 5.73 Å². The third kappa shape index (κ3) is 2.52. The first kappa shape index (κ1) is 13.4. The van der Waals surface area contributed by atoms with E-state index in [2.05, 4.69) is 26.0 Å². The summed E-state index contributed by atoms with van der Waals surface area (Å²) in [6, 6.07) is 0. The second kappa shape index (κ2) is 5.73. The fourth-order valence-electron chi connectivity index (χ4n) is 1.60. The Morgan fingerprint density at radius 2 is 2.39 bits per heavy atom. The molecule has 0 atom stereocenters. The molecule has 0 aliphatic rings. The van der Waals surface area contributed by atoms with Crippen molar-refractivity contribution in [1.29, 1.82) is 0 Å². The highest BCUT2D eigenvalue weighted by Gasteiger charge is 2.20. The molecule has 2 aromatic heterocycles. The quantitative estimate of drug-likeness (QED) is 0.854. The Morgan fingerprint density at radius 3 is 3.00 bits per heavy atom. The lowest BCUT2D eigenvalue weighted by Gasteiger charge is -2.04. The van der Waals surface area contributed by atoms with Crippen molar-refractivity contribution in [3.8, 4) is 0 Å². The number of thiazole rings is 1. The van der Waals surface area contributed by atoms with E-state index < -0.39 is 0 Å². The van der Waals surface area contributed by atoms with Gasteiger partial charge in [-0.1, -0.05) is 6.92 Å². The molecule has 0 aliphatic carbocycles. The largest absolute Gasteiger partial charge is 0.325 e. The van der Waals surface area contributed by atoms with Crippen LogP contribution in [0.2, 0.25) is 0 Å². The van der Waals surface area contributed by atoms with Gasteiger partial charge in [0.05, 0.1) is 10.7 Å². The van der Waals surface area contributed by atoms with Crippen molar-refractivity contribution in [3.63, 3.8) is 0 Å². The first-order valence-corrected chi connectivity index (χ1v) is 7.25. The van der Waals surface area contributed by atoms with Gasteiger partial charge in [-0.05, 0) is 22.4 Å². The molecule has 18 heavy (non-hydrogen) atoms. The average Bonchev–Trinajstić information content (AvgIpc) is 2.96. The molecule has 2 heterocycles. The number of halogens is 1. The Hall–Kier alpha value is -1.05. The number of hydrogen-bond acceptors (Lipinski definition) is 5. The first-order chi connectivity index (χ1) is 8.67. The lowest BCUT2D eigenvalue weighted by molar-refractivity contribution is 0.102. The van der Waals surface area contributed by atoms with Crippen molar-refractivity contribution < 1.29 is 4.79 Å². The van der Waals surface area contributed by atoms with Crippen molar-refractivity contribution in [2.24, 2.45) is 5.73 Å². The van der Waals surface area contributed by atoms with Crippen LogP contribution in [0.4, 0.5) is 0 Å². The maximum absolute atomic E-state index is 12.4. The van der Waals surface area contributed by atoms with Gasteiger partial charge in [0, 0.05) is 18.5 Å². The van der Waals surface area contributed by atoms with Gasteiger partial charge in [-0.25, -0.2) is 4.98 Å². The number of carbonyl (C=O) groups is 1. The first-order valence-electron chi connectivity index (χ1n) is 5.57. The Balaban J connectivity index is 2.35. The third-order valence-corrected chi connectivity index (χ3v) is 3.86. The molecule has 2 rings (SSSR count).